The summed E-state index contributed by atoms with van der Waals surface area (Å²) in [5, 5.41) is 6.10. The summed E-state index contributed by atoms with van der Waals surface area (Å²) in [6, 6.07) is 11.3. The van der Waals surface area contributed by atoms with Crippen LogP contribution in [0.5, 0.6) is 0 Å². The third-order valence-corrected chi connectivity index (χ3v) is 6.73. The summed E-state index contributed by atoms with van der Waals surface area (Å²) in [6.07, 6.45) is -3.18. The fourth-order valence-electron chi connectivity index (χ4n) is 3.04. The Balaban J connectivity index is 1.72. The molecule has 0 bridgehead atoms. The molecule has 3 aromatic heterocycles. The average Bonchev–Trinajstić information content (AvgIpc) is 3.35. The Morgan fingerprint density at radius 2 is 2.03 bits per heavy atom. The molecule has 0 aliphatic heterocycles. The van der Waals surface area contributed by atoms with E-state index in [2.05, 4.69) is 15.5 Å². The zero-order valence-corrected chi connectivity index (χ0v) is 18.2. The molecule has 0 unspecified atom stereocenters. The summed E-state index contributed by atoms with van der Waals surface area (Å²) in [4.78, 5) is 17.9. The lowest BCUT2D eigenvalue weighted by atomic mass is 10.1. The van der Waals surface area contributed by atoms with Gasteiger partial charge in [0, 0.05) is 10.4 Å². The van der Waals surface area contributed by atoms with Crippen LogP contribution in [0.15, 0.2) is 52.9 Å². The van der Waals surface area contributed by atoms with Crippen molar-refractivity contribution in [2.45, 2.75) is 13.1 Å². The van der Waals surface area contributed by atoms with Crippen LogP contribution in [0.25, 0.3) is 20.8 Å². The summed E-state index contributed by atoms with van der Waals surface area (Å²) in [5.41, 5.74) is 2.66. The second-order valence-corrected chi connectivity index (χ2v) is 8.90. The van der Waals surface area contributed by atoms with E-state index in [0.29, 0.717) is 15.5 Å². The van der Waals surface area contributed by atoms with E-state index >= 15 is 0 Å². The van der Waals surface area contributed by atoms with Gasteiger partial charge in [-0.1, -0.05) is 29.8 Å². The van der Waals surface area contributed by atoms with Crippen molar-refractivity contribution in [1.82, 2.24) is 10.4 Å². The number of hydrazone groups is 1. The van der Waals surface area contributed by atoms with Crippen LogP contribution in [0.1, 0.15) is 26.4 Å². The van der Waals surface area contributed by atoms with Crippen LogP contribution in [-0.2, 0) is 6.18 Å². The molecule has 0 atom stereocenters. The van der Waals surface area contributed by atoms with Crippen LogP contribution in [0.4, 0.5) is 13.2 Å². The summed E-state index contributed by atoms with van der Waals surface area (Å²) in [7, 11) is 0. The number of rotatable bonds is 4. The molecule has 1 aromatic carbocycles. The molecule has 0 saturated carbocycles. The lowest BCUT2D eigenvalue weighted by molar-refractivity contribution is -0.136. The van der Waals surface area contributed by atoms with E-state index in [9.17, 15) is 18.0 Å². The average molecular weight is 480 g/mol. The van der Waals surface area contributed by atoms with Gasteiger partial charge in [-0.15, -0.1) is 22.7 Å². The highest BCUT2D eigenvalue weighted by Crippen LogP contribution is 2.42. The number of hydrogen-bond donors (Lipinski definition) is 1. The molecule has 4 aromatic rings. The Labute approximate surface area is 188 Å². The van der Waals surface area contributed by atoms with Gasteiger partial charge in [-0.2, -0.15) is 18.3 Å². The van der Waals surface area contributed by atoms with Crippen molar-refractivity contribution in [3.63, 3.8) is 0 Å². The van der Waals surface area contributed by atoms with Gasteiger partial charge in [0.25, 0.3) is 5.91 Å². The number of nitrogens with zero attached hydrogens (tertiary/aromatic N) is 2. The Kier molecular flexibility index (Phi) is 5.83. The standard InChI is InChI=1S/C21H13ClF3N3OS2/c1-11-17-14(21(23,24)25)9-15(16-6-3-7-30-16)27-20(17)31-18(11)19(29)28-26-10-12-4-2-5-13(22)8-12/h2-10H,1H3,(H,28,29)/b26-10-. The molecule has 0 spiro atoms. The molecule has 158 valence electrons. The lowest BCUT2D eigenvalue weighted by Gasteiger charge is -2.10. The molecular formula is C21H13ClF3N3OS2. The van der Waals surface area contributed by atoms with Crippen molar-refractivity contribution in [2.24, 2.45) is 5.10 Å². The van der Waals surface area contributed by atoms with Gasteiger partial charge in [0.1, 0.15) is 4.83 Å². The number of carbonyl (C=O) groups is 1. The zero-order valence-electron chi connectivity index (χ0n) is 15.8. The van der Waals surface area contributed by atoms with E-state index in [4.69, 9.17) is 11.6 Å². The Bertz CT molecular complexity index is 1300. The Morgan fingerprint density at radius 1 is 1.23 bits per heavy atom. The van der Waals surface area contributed by atoms with Gasteiger partial charge in [-0.25, -0.2) is 10.4 Å². The number of fused-ring (bicyclic) bond motifs is 1. The number of alkyl halides is 3. The molecule has 0 saturated heterocycles. The van der Waals surface area contributed by atoms with Crippen LogP contribution in [0.3, 0.4) is 0 Å². The number of aromatic nitrogens is 1. The molecule has 0 fully saturated rings. The number of hydrogen-bond acceptors (Lipinski definition) is 5. The van der Waals surface area contributed by atoms with Crippen LogP contribution >= 0.6 is 34.3 Å². The number of carbonyl (C=O) groups excluding carboxylic acids is 1. The largest absolute Gasteiger partial charge is 0.417 e. The van der Waals surface area contributed by atoms with Crippen molar-refractivity contribution in [2.75, 3.05) is 0 Å². The molecule has 4 rings (SSSR count). The number of thiophene rings is 2. The highest BCUT2D eigenvalue weighted by Gasteiger charge is 2.36. The third kappa shape index (κ3) is 4.48. The number of aryl methyl sites for hydroxylation is 1. The smallest absolute Gasteiger partial charge is 0.266 e. The van der Waals surface area contributed by atoms with E-state index in [1.165, 1.54) is 24.5 Å². The summed E-state index contributed by atoms with van der Waals surface area (Å²) < 4.78 is 41.4. The van der Waals surface area contributed by atoms with Gasteiger partial charge >= 0.3 is 6.18 Å². The summed E-state index contributed by atoms with van der Waals surface area (Å²) in [5.74, 6) is -0.607. The molecule has 0 aliphatic carbocycles. The monoisotopic (exact) mass is 479 g/mol. The second kappa shape index (κ2) is 8.41. The summed E-state index contributed by atoms with van der Waals surface area (Å²) in [6.45, 7) is 1.48. The van der Waals surface area contributed by atoms with E-state index in [0.717, 1.165) is 17.4 Å². The molecule has 1 amide bonds. The van der Waals surface area contributed by atoms with E-state index in [1.807, 2.05) is 0 Å². The van der Waals surface area contributed by atoms with Crippen LogP contribution in [0, 0.1) is 6.92 Å². The predicted octanol–water partition coefficient (Wildman–Crippen LogP) is 6.77. The first-order valence-electron chi connectivity index (χ1n) is 8.88. The zero-order chi connectivity index (χ0) is 22.2. The Morgan fingerprint density at radius 3 is 2.71 bits per heavy atom. The normalized spacial score (nSPS) is 12.0. The van der Waals surface area contributed by atoms with Crippen molar-refractivity contribution in [3.8, 4) is 10.6 Å². The quantitative estimate of drug-likeness (QED) is 0.259. The fourth-order valence-corrected chi connectivity index (χ4v) is 5.02. The predicted molar refractivity (Wildman–Crippen MR) is 119 cm³/mol. The SMILES string of the molecule is Cc1c(C(=O)N/N=C\c2cccc(Cl)c2)sc2nc(-c3cccs3)cc(C(F)(F)F)c12. The van der Waals surface area contributed by atoms with Gasteiger partial charge in [-0.3, -0.25) is 4.79 Å². The minimum atomic E-state index is -4.59. The van der Waals surface area contributed by atoms with Crippen molar-refractivity contribution in [1.29, 1.82) is 0 Å². The fraction of sp³-hybridized carbons (Fsp3) is 0.0952. The third-order valence-electron chi connectivity index (χ3n) is 4.41. The maximum Gasteiger partial charge on any atom is 0.417 e. The van der Waals surface area contributed by atoms with Gasteiger partial charge in [0.15, 0.2) is 0 Å². The van der Waals surface area contributed by atoms with Crippen molar-refractivity contribution < 1.29 is 18.0 Å². The first kappa shape index (κ1) is 21.5. The topological polar surface area (TPSA) is 54.4 Å². The molecule has 4 nitrogen and oxygen atoms in total. The number of halogens is 4. The molecule has 3 heterocycles. The summed E-state index contributed by atoms with van der Waals surface area (Å²) >= 11 is 8.11. The second-order valence-electron chi connectivity index (χ2n) is 6.52. The number of nitrogens with one attached hydrogen (secondary N) is 1. The van der Waals surface area contributed by atoms with Gasteiger partial charge in [-0.05, 0) is 47.7 Å². The van der Waals surface area contributed by atoms with Gasteiger partial charge in [0.05, 0.1) is 27.2 Å². The van der Waals surface area contributed by atoms with E-state index in [1.54, 1.807) is 41.8 Å². The minimum absolute atomic E-state index is 0.0678. The first-order valence-corrected chi connectivity index (χ1v) is 11.0. The molecule has 0 radical (unpaired) electrons. The number of amides is 1. The lowest BCUT2D eigenvalue weighted by Crippen LogP contribution is -2.17. The molecular weight excluding hydrogens is 467 g/mol. The highest BCUT2D eigenvalue weighted by molar-refractivity contribution is 7.20. The molecule has 0 aliphatic rings. The Hall–Kier alpha value is -2.75. The van der Waals surface area contributed by atoms with E-state index < -0.39 is 17.6 Å². The van der Waals surface area contributed by atoms with Crippen LogP contribution in [0.2, 0.25) is 5.02 Å². The minimum Gasteiger partial charge on any atom is -0.266 e. The maximum atomic E-state index is 13.8. The van der Waals surface area contributed by atoms with Crippen LogP contribution in [-0.4, -0.2) is 17.1 Å². The van der Waals surface area contributed by atoms with Gasteiger partial charge < -0.3 is 0 Å². The highest BCUT2D eigenvalue weighted by atomic mass is 35.5. The van der Waals surface area contributed by atoms with Crippen LogP contribution < -0.4 is 5.43 Å². The van der Waals surface area contributed by atoms with Crippen molar-refractivity contribution in [3.05, 3.63) is 74.4 Å². The molecule has 1 N–H and O–H groups in total. The van der Waals surface area contributed by atoms with Gasteiger partial charge in [0.2, 0.25) is 0 Å². The number of pyridine rings is 1. The first-order chi connectivity index (χ1) is 14.7. The van der Waals surface area contributed by atoms with Crippen molar-refractivity contribution >= 4 is 56.6 Å². The number of benzene rings is 1. The molecule has 10 heteroatoms. The maximum absolute atomic E-state index is 13.8. The van der Waals surface area contributed by atoms with E-state index in [-0.39, 0.29) is 26.4 Å². The molecule has 31 heavy (non-hydrogen) atoms.